The van der Waals surface area contributed by atoms with Crippen LogP contribution in [0, 0.1) is 0 Å². The number of hydrogen-bond donors (Lipinski definition) is 1. The Labute approximate surface area is 185 Å². The first-order valence-corrected chi connectivity index (χ1v) is 11.1. The Balaban J connectivity index is 1.34. The molecule has 162 valence electrons. The lowest BCUT2D eigenvalue weighted by Crippen LogP contribution is -2.50. The predicted octanol–water partition coefficient (Wildman–Crippen LogP) is 2.75. The highest BCUT2D eigenvalue weighted by molar-refractivity contribution is 6.05. The van der Waals surface area contributed by atoms with E-state index in [1.165, 1.54) is 0 Å². The molecule has 1 saturated heterocycles. The molecule has 3 aromatic heterocycles. The third-order valence-electron chi connectivity index (χ3n) is 6.23. The van der Waals surface area contributed by atoms with Crippen molar-refractivity contribution in [3.8, 4) is 5.69 Å². The van der Waals surface area contributed by atoms with Gasteiger partial charge in [0.05, 0.1) is 11.7 Å². The van der Waals surface area contributed by atoms with Gasteiger partial charge in [-0.15, -0.1) is 5.10 Å². The molecule has 32 heavy (non-hydrogen) atoms. The lowest BCUT2D eigenvalue weighted by Gasteiger charge is -2.34. The third-order valence-corrected chi connectivity index (χ3v) is 6.23. The van der Waals surface area contributed by atoms with E-state index in [2.05, 4.69) is 30.2 Å². The van der Waals surface area contributed by atoms with Crippen LogP contribution in [-0.4, -0.2) is 54.6 Å². The Morgan fingerprint density at radius 3 is 2.72 bits per heavy atom. The highest BCUT2D eigenvalue weighted by atomic mass is 16.2. The fourth-order valence-corrected chi connectivity index (χ4v) is 4.43. The number of piperidine rings is 1. The number of fused-ring (bicyclic) bond motifs is 1. The molecule has 1 saturated carbocycles. The van der Waals surface area contributed by atoms with Crippen molar-refractivity contribution in [2.45, 2.75) is 37.8 Å². The summed E-state index contributed by atoms with van der Waals surface area (Å²) in [6.45, 7) is 1.77. The van der Waals surface area contributed by atoms with Crippen molar-refractivity contribution >= 4 is 23.0 Å². The average molecular weight is 429 g/mol. The molecule has 4 heterocycles. The van der Waals surface area contributed by atoms with Gasteiger partial charge in [0.1, 0.15) is 5.52 Å². The van der Waals surface area contributed by atoms with Gasteiger partial charge in [-0.1, -0.05) is 5.21 Å². The maximum Gasteiger partial charge on any atom is 0.260 e. The zero-order chi connectivity index (χ0) is 21.5. The van der Waals surface area contributed by atoms with Gasteiger partial charge in [-0.3, -0.25) is 9.69 Å². The van der Waals surface area contributed by atoms with E-state index in [4.69, 9.17) is 0 Å². The summed E-state index contributed by atoms with van der Waals surface area (Å²) in [5.41, 5.74) is 2.86. The average Bonchev–Trinajstić information content (AvgIpc) is 3.42. The zero-order valence-electron chi connectivity index (χ0n) is 17.6. The SMILES string of the molecule is O=C(c1ccc(-n2nnc3cccnc32)cc1)N(c1nccn1C1CC1)[C@@H]1CCCNC1. The van der Waals surface area contributed by atoms with E-state index in [0.29, 0.717) is 17.3 Å². The van der Waals surface area contributed by atoms with Crippen LogP contribution in [0.15, 0.2) is 55.0 Å². The molecule has 0 spiro atoms. The molecule has 6 rings (SSSR count). The van der Waals surface area contributed by atoms with Gasteiger partial charge >= 0.3 is 0 Å². The van der Waals surface area contributed by atoms with Crippen molar-refractivity contribution in [1.29, 1.82) is 0 Å². The van der Waals surface area contributed by atoms with Gasteiger partial charge in [0.15, 0.2) is 5.65 Å². The van der Waals surface area contributed by atoms with E-state index in [0.717, 1.165) is 55.9 Å². The van der Waals surface area contributed by atoms with Crippen molar-refractivity contribution in [3.63, 3.8) is 0 Å². The number of benzene rings is 1. The first-order valence-electron chi connectivity index (χ1n) is 11.1. The summed E-state index contributed by atoms with van der Waals surface area (Å²) >= 11 is 0. The molecule has 2 fully saturated rings. The van der Waals surface area contributed by atoms with E-state index in [1.807, 2.05) is 47.5 Å². The van der Waals surface area contributed by atoms with Gasteiger partial charge in [0.2, 0.25) is 5.95 Å². The first-order chi connectivity index (χ1) is 15.8. The predicted molar refractivity (Wildman–Crippen MR) is 120 cm³/mol. The van der Waals surface area contributed by atoms with Crippen molar-refractivity contribution in [2.24, 2.45) is 0 Å². The van der Waals surface area contributed by atoms with Gasteiger partial charge in [0, 0.05) is 36.7 Å². The van der Waals surface area contributed by atoms with E-state index >= 15 is 0 Å². The molecule has 2 aliphatic rings. The molecule has 4 aromatic rings. The number of imidazole rings is 1. The number of carbonyl (C=O) groups is 1. The largest absolute Gasteiger partial charge is 0.315 e. The molecule has 1 N–H and O–H groups in total. The van der Waals surface area contributed by atoms with Gasteiger partial charge < -0.3 is 9.88 Å². The normalized spacial score (nSPS) is 18.7. The topological polar surface area (TPSA) is 93.8 Å². The number of hydrogen-bond acceptors (Lipinski definition) is 6. The second-order valence-electron chi connectivity index (χ2n) is 8.44. The molecule has 1 aliphatic carbocycles. The fourth-order valence-electron chi connectivity index (χ4n) is 4.43. The van der Waals surface area contributed by atoms with Crippen molar-refractivity contribution in [2.75, 3.05) is 18.0 Å². The molecular formula is C23H24N8O. The number of amides is 1. The fraction of sp³-hybridized carbons (Fsp3) is 0.348. The highest BCUT2D eigenvalue weighted by Gasteiger charge is 2.34. The second-order valence-corrected chi connectivity index (χ2v) is 8.44. The molecule has 9 nitrogen and oxygen atoms in total. The van der Waals surface area contributed by atoms with Crippen LogP contribution in [0.25, 0.3) is 16.9 Å². The van der Waals surface area contributed by atoms with Crippen LogP contribution >= 0.6 is 0 Å². The Hall–Kier alpha value is -3.59. The Bertz CT molecular complexity index is 1250. The van der Waals surface area contributed by atoms with Gasteiger partial charge in [0.25, 0.3) is 5.91 Å². The molecule has 1 aliphatic heterocycles. The molecule has 1 atom stereocenters. The van der Waals surface area contributed by atoms with Gasteiger partial charge in [-0.25, -0.2) is 9.97 Å². The lowest BCUT2D eigenvalue weighted by molar-refractivity contribution is 0.0969. The van der Waals surface area contributed by atoms with Crippen LogP contribution in [0.2, 0.25) is 0 Å². The lowest BCUT2D eigenvalue weighted by atomic mass is 10.0. The summed E-state index contributed by atoms with van der Waals surface area (Å²) in [6, 6.07) is 11.7. The Kier molecular flexibility index (Phi) is 4.68. The van der Waals surface area contributed by atoms with Crippen LogP contribution < -0.4 is 10.2 Å². The minimum absolute atomic E-state index is 0.0278. The number of anilines is 1. The van der Waals surface area contributed by atoms with E-state index in [9.17, 15) is 4.79 Å². The van der Waals surface area contributed by atoms with Gasteiger partial charge in [-0.2, -0.15) is 4.68 Å². The third kappa shape index (κ3) is 3.34. The molecule has 0 radical (unpaired) electrons. The molecule has 0 unspecified atom stereocenters. The molecule has 9 heteroatoms. The summed E-state index contributed by atoms with van der Waals surface area (Å²) in [6.07, 6.45) is 9.81. The van der Waals surface area contributed by atoms with Crippen LogP contribution in [0.3, 0.4) is 0 Å². The number of aromatic nitrogens is 6. The first kappa shape index (κ1) is 19.1. The van der Waals surface area contributed by atoms with E-state index in [1.54, 1.807) is 17.1 Å². The van der Waals surface area contributed by atoms with Crippen LogP contribution in [0.4, 0.5) is 5.95 Å². The van der Waals surface area contributed by atoms with E-state index < -0.39 is 0 Å². The number of pyridine rings is 1. The molecular weight excluding hydrogens is 404 g/mol. The molecule has 1 aromatic carbocycles. The monoisotopic (exact) mass is 428 g/mol. The second kappa shape index (κ2) is 7.83. The zero-order valence-corrected chi connectivity index (χ0v) is 17.6. The smallest absolute Gasteiger partial charge is 0.260 e. The molecule has 1 amide bonds. The Morgan fingerprint density at radius 1 is 1.06 bits per heavy atom. The number of carbonyl (C=O) groups excluding carboxylic acids is 1. The summed E-state index contributed by atoms with van der Waals surface area (Å²) < 4.78 is 3.85. The number of rotatable bonds is 5. The summed E-state index contributed by atoms with van der Waals surface area (Å²) in [5, 5.41) is 11.8. The van der Waals surface area contributed by atoms with Gasteiger partial charge in [-0.05, 0) is 68.6 Å². The van der Waals surface area contributed by atoms with Crippen LogP contribution in [-0.2, 0) is 0 Å². The van der Waals surface area contributed by atoms with Crippen molar-refractivity contribution < 1.29 is 4.79 Å². The summed E-state index contributed by atoms with van der Waals surface area (Å²) in [4.78, 5) is 24.6. The van der Waals surface area contributed by atoms with E-state index in [-0.39, 0.29) is 11.9 Å². The Morgan fingerprint density at radius 2 is 1.94 bits per heavy atom. The number of nitrogens with zero attached hydrogens (tertiary/aromatic N) is 7. The standard InChI is InChI=1S/C23H24N8O/c32-22(16-5-7-18(8-6-16)31-21-20(27-28-31)4-2-12-25-21)30(19-3-1-11-24-15-19)23-26-13-14-29(23)17-9-10-17/h2,4-8,12-14,17,19,24H,1,3,9-11,15H2/t19-/m1/s1. The maximum absolute atomic E-state index is 13.7. The minimum atomic E-state index is -0.0278. The maximum atomic E-state index is 13.7. The van der Waals surface area contributed by atoms with Crippen molar-refractivity contribution in [1.82, 2.24) is 34.8 Å². The minimum Gasteiger partial charge on any atom is -0.315 e. The van der Waals surface area contributed by atoms with Crippen molar-refractivity contribution in [3.05, 3.63) is 60.6 Å². The summed E-state index contributed by atoms with van der Waals surface area (Å²) in [5.74, 6) is 0.724. The molecule has 0 bridgehead atoms. The quantitative estimate of drug-likeness (QED) is 0.525. The van der Waals surface area contributed by atoms with Crippen LogP contribution in [0.5, 0.6) is 0 Å². The number of nitrogens with one attached hydrogen (secondary N) is 1. The highest BCUT2D eigenvalue weighted by Crippen LogP contribution is 2.38. The van der Waals surface area contributed by atoms with Crippen LogP contribution in [0.1, 0.15) is 42.1 Å². The summed E-state index contributed by atoms with van der Waals surface area (Å²) in [7, 11) is 0.